The predicted octanol–water partition coefficient (Wildman–Crippen LogP) is 2.08. The van der Waals surface area contributed by atoms with Gasteiger partial charge in [-0.1, -0.05) is 19.8 Å². The van der Waals surface area contributed by atoms with Crippen LogP contribution in [0.2, 0.25) is 0 Å². The van der Waals surface area contributed by atoms with Crippen LogP contribution in [0.4, 0.5) is 10.1 Å². The van der Waals surface area contributed by atoms with Gasteiger partial charge in [0.2, 0.25) is 5.96 Å². The number of nitrogens with zero attached hydrogens (tertiary/aromatic N) is 1. The van der Waals surface area contributed by atoms with Gasteiger partial charge in [-0.2, -0.15) is 0 Å². The number of guanidine groups is 1. The molecule has 2 N–H and O–H groups in total. The number of unbranched alkanes of at least 4 members (excludes halogenated alkanes) is 2. The number of benzene rings is 1. The van der Waals surface area contributed by atoms with E-state index in [1.165, 1.54) is 12.1 Å². The first-order chi connectivity index (χ1) is 9.03. The number of aliphatic imine (C=N–C) groups is 1. The fraction of sp³-hybridized carbons (Fsp3) is 0.417. The number of rotatable bonds is 4. The van der Waals surface area contributed by atoms with Crippen molar-refractivity contribution in [3.8, 4) is 0 Å². The molecule has 0 aromatic heterocycles. The van der Waals surface area contributed by atoms with Crippen molar-refractivity contribution in [1.29, 1.82) is 0 Å². The summed E-state index contributed by atoms with van der Waals surface area (Å²) in [5.74, 6) is -0.399. The minimum absolute atomic E-state index is 0.0972. The van der Waals surface area contributed by atoms with Gasteiger partial charge in [0.15, 0.2) is 0 Å². The van der Waals surface area contributed by atoms with Crippen LogP contribution in [0.15, 0.2) is 28.1 Å². The van der Waals surface area contributed by atoms with Crippen molar-refractivity contribution in [2.24, 2.45) is 4.99 Å². The first-order valence-electron chi connectivity index (χ1n) is 6.17. The smallest absolute Gasteiger partial charge is 0.266 e. The van der Waals surface area contributed by atoms with Crippen molar-refractivity contribution in [1.82, 2.24) is 4.72 Å². The lowest BCUT2D eigenvalue weighted by Crippen LogP contribution is -2.40. The van der Waals surface area contributed by atoms with Gasteiger partial charge in [0, 0.05) is 6.54 Å². The average molecular weight is 285 g/mol. The average Bonchev–Trinajstić information content (AvgIpc) is 2.35. The Morgan fingerprint density at radius 1 is 1.32 bits per heavy atom. The Balaban J connectivity index is 2.21. The third kappa shape index (κ3) is 3.23. The summed E-state index contributed by atoms with van der Waals surface area (Å²) in [6.07, 6.45) is 3.02. The summed E-state index contributed by atoms with van der Waals surface area (Å²) < 4.78 is 39.2. The van der Waals surface area contributed by atoms with Crippen molar-refractivity contribution in [2.75, 3.05) is 11.9 Å². The van der Waals surface area contributed by atoms with Crippen molar-refractivity contribution in [3.05, 3.63) is 24.0 Å². The molecule has 19 heavy (non-hydrogen) atoms. The molecule has 0 amide bonds. The molecule has 0 spiro atoms. The highest BCUT2D eigenvalue weighted by atomic mass is 32.2. The highest BCUT2D eigenvalue weighted by Crippen LogP contribution is 2.25. The zero-order chi connectivity index (χ0) is 13.9. The molecule has 5 nitrogen and oxygen atoms in total. The van der Waals surface area contributed by atoms with E-state index in [4.69, 9.17) is 0 Å². The summed E-state index contributed by atoms with van der Waals surface area (Å²) in [6, 6.07) is 3.59. The topological polar surface area (TPSA) is 70.6 Å². The van der Waals surface area contributed by atoms with Crippen molar-refractivity contribution in [2.45, 2.75) is 31.1 Å². The molecule has 0 saturated heterocycles. The first-order valence-corrected chi connectivity index (χ1v) is 7.65. The van der Waals surface area contributed by atoms with Crippen LogP contribution in [0.3, 0.4) is 0 Å². The van der Waals surface area contributed by atoms with E-state index in [9.17, 15) is 12.8 Å². The maximum Gasteiger partial charge on any atom is 0.266 e. The fourth-order valence-corrected chi connectivity index (χ4v) is 2.94. The molecule has 0 aliphatic carbocycles. The maximum absolute atomic E-state index is 13.1. The number of hydrogen-bond acceptors (Lipinski definition) is 3. The van der Waals surface area contributed by atoms with Gasteiger partial charge >= 0.3 is 0 Å². The van der Waals surface area contributed by atoms with Gasteiger partial charge in [-0.3, -0.25) is 4.99 Å². The molecule has 1 aliphatic heterocycles. The fourth-order valence-electron chi connectivity index (χ4n) is 1.78. The first kappa shape index (κ1) is 13.8. The SMILES string of the molecule is CCCCCN=C1Nc2ccc(F)cc2S(=O)(=O)N1. The van der Waals surface area contributed by atoms with Gasteiger partial charge in [0.05, 0.1) is 5.69 Å². The van der Waals surface area contributed by atoms with Crippen LogP contribution in [0.5, 0.6) is 0 Å². The summed E-state index contributed by atoms with van der Waals surface area (Å²) in [5.41, 5.74) is 0.342. The van der Waals surface area contributed by atoms with Gasteiger partial charge in [0.25, 0.3) is 10.0 Å². The Morgan fingerprint density at radius 2 is 2.11 bits per heavy atom. The van der Waals surface area contributed by atoms with E-state index in [0.29, 0.717) is 12.2 Å². The lowest BCUT2D eigenvalue weighted by molar-refractivity contribution is 0.586. The molecule has 2 rings (SSSR count). The van der Waals surface area contributed by atoms with E-state index in [0.717, 1.165) is 25.3 Å². The molecule has 0 unspecified atom stereocenters. The van der Waals surface area contributed by atoms with Crippen LogP contribution >= 0.6 is 0 Å². The van der Waals surface area contributed by atoms with Crippen LogP contribution in [-0.4, -0.2) is 20.9 Å². The van der Waals surface area contributed by atoms with Gasteiger partial charge < -0.3 is 5.32 Å². The van der Waals surface area contributed by atoms with Crippen molar-refractivity contribution >= 4 is 21.7 Å². The Hall–Kier alpha value is -1.63. The monoisotopic (exact) mass is 285 g/mol. The lowest BCUT2D eigenvalue weighted by Gasteiger charge is -2.21. The molecular weight excluding hydrogens is 269 g/mol. The quantitative estimate of drug-likeness (QED) is 0.832. The van der Waals surface area contributed by atoms with Crippen LogP contribution in [-0.2, 0) is 10.0 Å². The maximum atomic E-state index is 13.1. The normalized spacial score (nSPS) is 18.5. The Morgan fingerprint density at radius 3 is 2.84 bits per heavy atom. The van der Waals surface area contributed by atoms with E-state index in [-0.39, 0.29) is 10.9 Å². The highest BCUT2D eigenvalue weighted by Gasteiger charge is 2.26. The number of fused-ring (bicyclic) bond motifs is 1. The summed E-state index contributed by atoms with van der Waals surface area (Å²) in [4.78, 5) is 4.06. The molecule has 0 atom stereocenters. The number of sulfonamides is 1. The number of nitrogens with one attached hydrogen (secondary N) is 2. The second kappa shape index (κ2) is 5.56. The molecule has 0 radical (unpaired) electrons. The van der Waals surface area contributed by atoms with Crippen molar-refractivity contribution < 1.29 is 12.8 Å². The third-order valence-corrected chi connectivity index (χ3v) is 4.13. The Labute approximate surface area is 112 Å². The molecule has 1 heterocycles. The summed E-state index contributed by atoms with van der Waals surface area (Å²) >= 11 is 0. The van der Waals surface area contributed by atoms with Crippen LogP contribution in [0.25, 0.3) is 0 Å². The van der Waals surface area contributed by atoms with E-state index >= 15 is 0 Å². The van der Waals surface area contributed by atoms with E-state index in [1.807, 2.05) is 0 Å². The van der Waals surface area contributed by atoms with E-state index in [1.54, 1.807) is 0 Å². The number of halogens is 1. The molecule has 0 saturated carbocycles. The zero-order valence-electron chi connectivity index (χ0n) is 10.6. The molecule has 1 aromatic carbocycles. The van der Waals surface area contributed by atoms with Crippen LogP contribution in [0.1, 0.15) is 26.2 Å². The number of anilines is 1. The molecule has 1 aliphatic rings. The predicted molar refractivity (Wildman–Crippen MR) is 72.2 cm³/mol. The second-order valence-corrected chi connectivity index (χ2v) is 5.96. The van der Waals surface area contributed by atoms with Gasteiger partial charge in [-0.15, -0.1) is 0 Å². The molecular formula is C12H16FN3O2S. The Kier molecular flexibility index (Phi) is 4.04. The zero-order valence-corrected chi connectivity index (χ0v) is 11.4. The summed E-state index contributed by atoms with van der Waals surface area (Å²) in [6.45, 7) is 2.63. The standard InChI is InChI=1S/C12H16FN3O2S/c1-2-3-4-7-14-12-15-10-6-5-9(13)8-11(10)19(17,18)16-12/h5-6,8H,2-4,7H2,1H3,(H2,14,15,16). The third-order valence-electron chi connectivity index (χ3n) is 2.75. The van der Waals surface area contributed by atoms with Crippen LogP contribution < -0.4 is 10.0 Å². The lowest BCUT2D eigenvalue weighted by atomic mass is 10.2. The Bertz CT molecular complexity index is 599. The minimum Gasteiger partial charge on any atom is -0.324 e. The summed E-state index contributed by atoms with van der Waals surface area (Å²) in [5, 5.41) is 2.85. The molecule has 7 heteroatoms. The largest absolute Gasteiger partial charge is 0.324 e. The molecule has 0 fully saturated rings. The minimum atomic E-state index is -3.74. The van der Waals surface area contributed by atoms with E-state index < -0.39 is 15.8 Å². The molecule has 104 valence electrons. The van der Waals surface area contributed by atoms with Crippen molar-refractivity contribution in [3.63, 3.8) is 0 Å². The van der Waals surface area contributed by atoms with Gasteiger partial charge in [-0.05, 0) is 24.6 Å². The highest BCUT2D eigenvalue weighted by molar-refractivity contribution is 7.90. The van der Waals surface area contributed by atoms with Gasteiger partial charge in [-0.25, -0.2) is 17.5 Å². The second-order valence-electron chi connectivity index (χ2n) is 4.31. The molecule has 1 aromatic rings. The van der Waals surface area contributed by atoms with Crippen LogP contribution in [0, 0.1) is 5.82 Å². The molecule has 0 bridgehead atoms. The van der Waals surface area contributed by atoms with E-state index in [2.05, 4.69) is 22.0 Å². The summed E-state index contributed by atoms with van der Waals surface area (Å²) in [7, 11) is -3.74. The number of hydrogen-bond donors (Lipinski definition) is 2. The van der Waals surface area contributed by atoms with Gasteiger partial charge in [0.1, 0.15) is 10.7 Å².